The standard InChI is InChI=1S/C22H22N2O3/c1-26-20-11-9-19(10-12-20)24(17-18-6-5-14-23-16-18)22(25)13-15-27-21-7-3-2-4-8-21/h2-12,14,16H,13,15,17H2,1H3. The van der Waals surface area contributed by atoms with E-state index >= 15 is 0 Å². The summed E-state index contributed by atoms with van der Waals surface area (Å²) in [5, 5.41) is 0. The van der Waals surface area contributed by atoms with Crippen molar-refractivity contribution in [1.29, 1.82) is 0 Å². The van der Waals surface area contributed by atoms with Crippen molar-refractivity contribution in [2.45, 2.75) is 13.0 Å². The number of benzene rings is 2. The van der Waals surface area contributed by atoms with Gasteiger partial charge in [0.05, 0.1) is 26.7 Å². The van der Waals surface area contributed by atoms with E-state index in [1.54, 1.807) is 24.4 Å². The molecular weight excluding hydrogens is 340 g/mol. The molecule has 0 spiro atoms. The van der Waals surface area contributed by atoms with Gasteiger partial charge in [0.1, 0.15) is 11.5 Å². The molecule has 0 aliphatic carbocycles. The van der Waals surface area contributed by atoms with Crippen molar-refractivity contribution in [2.24, 2.45) is 0 Å². The second-order valence-electron chi connectivity index (χ2n) is 5.95. The van der Waals surface area contributed by atoms with Crippen LogP contribution in [0.1, 0.15) is 12.0 Å². The van der Waals surface area contributed by atoms with Crippen molar-refractivity contribution in [3.63, 3.8) is 0 Å². The maximum atomic E-state index is 12.9. The summed E-state index contributed by atoms with van der Waals surface area (Å²) in [4.78, 5) is 18.8. The summed E-state index contributed by atoms with van der Waals surface area (Å²) < 4.78 is 10.9. The summed E-state index contributed by atoms with van der Waals surface area (Å²) in [5.41, 5.74) is 1.77. The van der Waals surface area contributed by atoms with Crippen LogP contribution in [0, 0.1) is 0 Å². The van der Waals surface area contributed by atoms with Gasteiger partial charge >= 0.3 is 0 Å². The predicted molar refractivity (Wildman–Crippen MR) is 105 cm³/mol. The molecule has 3 rings (SSSR count). The van der Waals surface area contributed by atoms with Gasteiger partial charge in [-0.2, -0.15) is 0 Å². The lowest BCUT2D eigenvalue weighted by atomic mass is 10.2. The Morgan fingerprint density at radius 3 is 2.41 bits per heavy atom. The third-order valence-corrected chi connectivity index (χ3v) is 4.08. The number of rotatable bonds is 8. The number of amides is 1. The fourth-order valence-electron chi connectivity index (χ4n) is 2.67. The van der Waals surface area contributed by atoms with Crippen LogP contribution < -0.4 is 14.4 Å². The zero-order valence-corrected chi connectivity index (χ0v) is 15.2. The molecule has 27 heavy (non-hydrogen) atoms. The van der Waals surface area contributed by atoms with E-state index in [1.165, 1.54) is 0 Å². The molecule has 0 aliphatic heterocycles. The first-order valence-electron chi connectivity index (χ1n) is 8.77. The Morgan fingerprint density at radius 2 is 1.74 bits per heavy atom. The number of carbonyl (C=O) groups excluding carboxylic acids is 1. The van der Waals surface area contributed by atoms with Crippen molar-refractivity contribution in [3.05, 3.63) is 84.7 Å². The first-order valence-corrected chi connectivity index (χ1v) is 8.77. The summed E-state index contributed by atoms with van der Waals surface area (Å²) in [6.45, 7) is 0.771. The number of hydrogen-bond donors (Lipinski definition) is 0. The molecule has 0 aliphatic rings. The molecule has 0 saturated carbocycles. The molecule has 0 radical (unpaired) electrons. The van der Waals surface area contributed by atoms with E-state index in [-0.39, 0.29) is 12.3 Å². The van der Waals surface area contributed by atoms with Crippen LogP contribution in [0.3, 0.4) is 0 Å². The quantitative estimate of drug-likeness (QED) is 0.606. The smallest absolute Gasteiger partial charge is 0.230 e. The Morgan fingerprint density at radius 1 is 0.963 bits per heavy atom. The average Bonchev–Trinajstić information content (AvgIpc) is 2.73. The summed E-state index contributed by atoms with van der Waals surface area (Å²) in [6, 6.07) is 20.8. The fourth-order valence-corrected chi connectivity index (χ4v) is 2.67. The van der Waals surface area contributed by atoms with E-state index < -0.39 is 0 Å². The molecule has 5 nitrogen and oxygen atoms in total. The molecule has 2 aromatic carbocycles. The molecule has 3 aromatic rings. The molecule has 0 unspecified atom stereocenters. The van der Waals surface area contributed by atoms with Crippen LogP contribution in [0.5, 0.6) is 11.5 Å². The van der Waals surface area contributed by atoms with E-state index in [9.17, 15) is 4.79 Å². The highest BCUT2D eigenvalue weighted by Crippen LogP contribution is 2.22. The summed E-state index contributed by atoms with van der Waals surface area (Å²) in [7, 11) is 1.62. The minimum Gasteiger partial charge on any atom is -0.497 e. The molecule has 5 heteroatoms. The van der Waals surface area contributed by atoms with E-state index in [1.807, 2.05) is 66.7 Å². The van der Waals surface area contributed by atoms with Crippen LogP contribution >= 0.6 is 0 Å². The van der Waals surface area contributed by atoms with Crippen LogP contribution in [0.15, 0.2) is 79.1 Å². The van der Waals surface area contributed by atoms with Crippen molar-refractivity contribution >= 4 is 11.6 Å². The highest BCUT2D eigenvalue weighted by atomic mass is 16.5. The van der Waals surface area contributed by atoms with E-state index in [0.717, 1.165) is 22.7 Å². The zero-order valence-electron chi connectivity index (χ0n) is 15.2. The molecule has 138 valence electrons. The van der Waals surface area contributed by atoms with E-state index in [2.05, 4.69) is 4.98 Å². The second-order valence-corrected chi connectivity index (χ2v) is 5.95. The van der Waals surface area contributed by atoms with Gasteiger partial charge in [-0.1, -0.05) is 24.3 Å². The summed E-state index contributed by atoms with van der Waals surface area (Å²) in [6.07, 6.45) is 3.77. The molecule has 1 aromatic heterocycles. The molecular formula is C22H22N2O3. The minimum atomic E-state index is -0.0139. The van der Waals surface area contributed by atoms with Gasteiger partial charge < -0.3 is 14.4 Å². The van der Waals surface area contributed by atoms with Crippen LogP contribution in [0.2, 0.25) is 0 Å². The third-order valence-electron chi connectivity index (χ3n) is 4.08. The topological polar surface area (TPSA) is 51.7 Å². The fraction of sp³-hybridized carbons (Fsp3) is 0.182. The van der Waals surface area contributed by atoms with Crippen LogP contribution in [-0.2, 0) is 11.3 Å². The normalized spacial score (nSPS) is 10.3. The highest BCUT2D eigenvalue weighted by Gasteiger charge is 2.16. The van der Waals surface area contributed by atoms with E-state index in [0.29, 0.717) is 13.2 Å². The van der Waals surface area contributed by atoms with E-state index in [4.69, 9.17) is 9.47 Å². The van der Waals surface area contributed by atoms with Crippen molar-refractivity contribution in [3.8, 4) is 11.5 Å². The molecule has 0 fully saturated rings. The Balaban J connectivity index is 1.70. The first kappa shape index (κ1) is 18.5. The van der Waals surface area contributed by atoms with Crippen LogP contribution in [0.4, 0.5) is 5.69 Å². The lowest BCUT2D eigenvalue weighted by Gasteiger charge is -2.23. The largest absolute Gasteiger partial charge is 0.497 e. The number of methoxy groups -OCH3 is 1. The monoisotopic (exact) mass is 362 g/mol. The number of ether oxygens (including phenoxy) is 2. The number of pyridine rings is 1. The average molecular weight is 362 g/mol. The maximum Gasteiger partial charge on any atom is 0.230 e. The lowest BCUT2D eigenvalue weighted by Crippen LogP contribution is -2.31. The zero-order chi connectivity index (χ0) is 18.9. The molecule has 0 saturated heterocycles. The summed E-state index contributed by atoms with van der Waals surface area (Å²) >= 11 is 0. The molecule has 0 N–H and O–H groups in total. The number of hydrogen-bond acceptors (Lipinski definition) is 4. The van der Waals surface area contributed by atoms with Crippen molar-refractivity contribution in [1.82, 2.24) is 4.98 Å². The number of carbonyl (C=O) groups is 1. The third kappa shape index (κ3) is 5.31. The number of nitrogens with zero attached hydrogens (tertiary/aromatic N) is 2. The van der Waals surface area contributed by atoms with Crippen molar-refractivity contribution < 1.29 is 14.3 Å². The van der Waals surface area contributed by atoms with Gasteiger partial charge in [0.25, 0.3) is 0 Å². The maximum absolute atomic E-state index is 12.9. The number of aromatic nitrogens is 1. The van der Waals surface area contributed by atoms with Crippen molar-refractivity contribution in [2.75, 3.05) is 18.6 Å². The van der Waals surface area contributed by atoms with Crippen LogP contribution in [-0.4, -0.2) is 24.6 Å². The molecule has 1 heterocycles. The number of anilines is 1. The molecule has 0 bridgehead atoms. The lowest BCUT2D eigenvalue weighted by molar-refractivity contribution is -0.119. The van der Waals surface area contributed by atoms with Gasteiger partial charge in [-0.3, -0.25) is 9.78 Å². The highest BCUT2D eigenvalue weighted by molar-refractivity contribution is 5.93. The van der Waals surface area contributed by atoms with Gasteiger partial charge in [-0.15, -0.1) is 0 Å². The Labute approximate surface area is 159 Å². The predicted octanol–water partition coefficient (Wildman–Crippen LogP) is 4.09. The minimum absolute atomic E-state index is 0.0139. The first-order chi connectivity index (χ1) is 13.3. The van der Waals surface area contributed by atoms with Crippen LogP contribution in [0.25, 0.3) is 0 Å². The molecule has 1 amide bonds. The van der Waals surface area contributed by atoms with Gasteiger partial charge in [0.2, 0.25) is 5.91 Å². The van der Waals surface area contributed by atoms with Gasteiger partial charge in [-0.25, -0.2) is 0 Å². The van der Waals surface area contributed by atoms with Gasteiger partial charge in [-0.05, 0) is 48.0 Å². The Hall–Kier alpha value is -3.34. The van der Waals surface area contributed by atoms with Gasteiger partial charge in [0, 0.05) is 18.1 Å². The Kier molecular flexibility index (Phi) is 6.41. The second kappa shape index (κ2) is 9.38. The SMILES string of the molecule is COc1ccc(N(Cc2cccnc2)C(=O)CCOc2ccccc2)cc1. The Bertz CT molecular complexity index is 836. The molecule has 0 atom stereocenters. The number of para-hydroxylation sites is 1. The summed E-state index contributed by atoms with van der Waals surface area (Å²) in [5.74, 6) is 1.49. The van der Waals surface area contributed by atoms with Gasteiger partial charge in [0.15, 0.2) is 0 Å².